The van der Waals surface area contributed by atoms with Gasteiger partial charge in [0, 0.05) is 12.7 Å². The zero-order chi connectivity index (χ0) is 13.1. The summed E-state index contributed by atoms with van der Waals surface area (Å²) in [5, 5.41) is 17.9. The van der Waals surface area contributed by atoms with Gasteiger partial charge in [0.25, 0.3) is 0 Å². The predicted octanol–water partition coefficient (Wildman–Crippen LogP) is 0.212. The lowest BCUT2D eigenvalue weighted by Gasteiger charge is -2.31. The molecule has 1 fully saturated rings. The van der Waals surface area contributed by atoms with E-state index in [9.17, 15) is 4.79 Å². The molecular weight excluding hydrogens is 236 g/mol. The van der Waals surface area contributed by atoms with E-state index < -0.39 is 12.1 Å². The molecule has 0 spiro atoms. The van der Waals surface area contributed by atoms with Gasteiger partial charge >= 0.3 is 5.97 Å². The van der Waals surface area contributed by atoms with Crippen molar-refractivity contribution >= 4 is 11.8 Å². The normalized spacial score (nSPS) is 19.3. The van der Waals surface area contributed by atoms with Crippen LogP contribution in [0.2, 0.25) is 0 Å². The van der Waals surface area contributed by atoms with Crippen molar-refractivity contribution in [3.05, 3.63) is 17.6 Å². The molecule has 1 aromatic rings. The average Bonchev–Trinajstić information content (AvgIpc) is 2.38. The Balaban J connectivity index is 2.34. The van der Waals surface area contributed by atoms with Gasteiger partial charge in [-0.25, -0.2) is 14.8 Å². The molecule has 7 nitrogen and oxygen atoms in total. The molecule has 7 heteroatoms. The summed E-state index contributed by atoms with van der Waals surface area (Å²) in [5.74, 6) is -0.237. The molecule has 0 bridgehead atoms. The van der Waals surface area contributed by atoms with E-state index in [0.717, 1.165) is 0 Å². The van der Waals surface area contributed by atoms with Gasteiger partial charge in [0.2, 0.25) is 0 Å². The smallest absolute Gasteiger partial charge is 0.341 e. The van der Waals surface area contributed by atoms with Crippen molar-refractivity contribution in [1.29, 1.82) is 5.26 Å². The van der Waals surface area contributed by atoms with Crippen LogP contribution in [0, 0.1) is 18.3 Å². The van der Waals surface area contributed by atoms with E-state index in [-0.39, 0.29) is 5.56 Å². The molecule has 18 heavy (non-hydrogen) atoms. The SMILES string of the molecule is Cc1ncc(C(=O)O)c(N2CCOC(C#N)C2)n1. The Labute approximate surface area is 104 Å². The molecule has 1 unspecified atom stereocenters. The maximum absolute atomic E-state index is 11.1. The zero-order valence-corrected chi connectivity index (χ0v) is 9.83. The third kappa shape index (κ3) is 2.38. The van der Waals surface area contributed by atoms with Crippen molar-refractivity contribution in [3.8, 4) is 6.07 Å². The molecule has 1 N–H and O–H groups in total. The summed E-state index contributed by atoms with van der Waals surface area (Å²) in [6.07, 6.45) is 0.729. The number of aromatic nitrogens is 2. The van der Waals surface area contributed by atoms with Crippen LogP contribution < -0.4 is 4.90 Å². The highest BCUT2D eigenvalue weighted by Crippen LogP contribution is 2.20. The van der Waals surface area contributed by atoms with E-state index in [4.69, 9.17) is 15.1 Å². The summed E-state index contributed by atoms with van der Waals surface area (Å²) >= 11 is 0. The Hall–Kier alpha value is -2.20. The molecule has 0 saturated carbocycles. The molecule has 2 heterocycles. The lowest BCUT2D eigenvalue weighted by atomic mass is 10.2. The lowest BCUT2D eigenvalue weighted by Crippen LogP contribution is -2.43. The van der Waals surface area contributed by atoms with Crippen LogP contribution in [0.15, 0.2) is 6.20 Å². The summed E-state index contributed by atoms with van der Waals surface area (Å²) in [4.78, 5) is 20.9. The maximum atomic E-state index is 11.1. The minimum atomic E-state index is -1.08. The number of ether oxygens (including phenoxy) is 1. The summed E-state index contributed by atoms with van der Waals surface area (Å²) in [5.41, 5.74) is 0.0409. The van der Waals surface area contributed by atoms with Crippen LogP contribution in [0.5, 0.6) is 0 Å². The van der Waals surface area contributed by atoms with E-state index in [1.807, 2.05) is 6.07 Å². The first-order chi connectivity index (χ1) is 8.61. The van der Waals surface area contributed by atoms with Crippen molar-refractivity contribution in [3.63, 3.8) is 0 Å². The molecule has 0 amide bonds. The molecule has 0 aliphatic carbocycles. The Bertz CT molecular complexity index is 512. The van der Waals surface area contributed by atoms with Crippen LogP contribution in [0.3, 0.4) is 0 Å². The number of aromatic carboxylic acids is 1. The molecule has 2 rings (SSSR count). The molecular formula is C11H12N4O3. The summed E-state index contributed by atoms with van der Waals surface area (Å²) in [6.45, 7) is 2.89. The van der Waals surface area contributed by atoms with Crippen molar-refractivity contribution in [2.24, 2.45) is 0 Å². The van der Waals surface area contributed by atoms with Gasteiger partial charge < -0.3 is 14.7 Å². The van der Waals surface area contributed by atoms with Crippen LogP contribution in [-0.2, 0) is 4.74 Å². The summed E-state index contributed by atoms with van der Waals surface area (Å²) in [6, 6.07) is 2.01. The Morgan fingerprint density at radius 1 is 1.72 bits per heavy atom. The number of aryl methyl sites for hydroxylation is 1. The standard InChI is InChI=1S/C11H12N4O3/c1-7-13-5-9(11(16)17)10(14-7)15-2-3-18-8(4-12)6-15/h5,8H,2-3,6H2,1H3,(H,16,17). The first-order valence-electron chi connectivity index (χ1n) is 5.45. The van der Waals surface area contributed by atoms with Crippen molar-refractivity contribution in [2.45, 2.75) is 13.0 Å². The number of carbonyl (C=O) groups is 1. The highest BCUT2D eigenvalue weighted by atomic mass is 16.5. The second kappa shape index (κ2) is 4.98. The minimum Gasteiger partial charge on any atom is -0.477 e. The van der Waals surface area contributed by atoms with Crippen LogP contribution in [0.25, 0.3) is 0 Å². The third-order valence-corrected chi connectivity index (χ3v) is 2.63. The number of anilines is 1. The van der Waals surface area contributed by atoms with E-state index >= 15 is 0 Å². The quantitative estimate of drug-likeness (QED) is 0.798. The number of nitrogens with zero attached hydrogens (tertiary/aromatic N) is 4. The van der Waals surface area contributed by atoms with Gasteiger partial charge in [-0.1, -0.05) is 0 Å². The fraction of sp³-hybridized carbons (Fsp3) is 0.455. The first kappa shape index (κ1) is 12.3. The van der Waals surface area contributed by atoms with Gasteiger partial charge in [-0.3, -0.25) is 0 Å². The Morgan fingerprint density at radius 2 is 2.50 bits per heavy atom. The monoisotopic (exact) mass is 248 g/mol. The largest absolute Gasteiger partial charge is 0.477 e. The molecule has 0 radical (unpaired) electrons. The highest BCUT2D eigenvalue weighted by molar-refractivity contribution is 5.93. The number of hydrogen-bond acceptors (Lipinski definition) is 6. The van der Waals surface area contributed by atoms with Crippen molar-refractivity contribution in [1.82, 2.24) is 9.97 Å². The second-order valence-electron chi connectivity index (χ2n) is 3.89. The number of nitriles is 1. The molecule has 0 aromatic carbocycles. The van der Waals surface area contributed by atoms with Gasteiger partial charge in [0.1, 0.15) is 17.2 Å². The van der Waals surface area contributed by atoms with Gasteiger partial charge in [-0.2, -0.15) is 5.26 Å². The summed E-state index contributed by atoms with van der Waals surface area (Å²) < 4.78 is 5.22. The van der Waals surface area contributed by atoms with E-state index in [0.29, 0.717) is 31.3 Å². The number of carboxylic acids is 1. The fourth-order valence-electron chi connectivity index (χ4n) is 1.77. The van der Waals surface area contributed by atoms with Gasteiger partial charge in [-0.05, 0) is 6.92 Å². The van der Waals surface area contributed by atoms with Crippen LogP contribution in [0.1, 0.15) is 16.2 Å². The molecule has 1 aliphatic heterocycles. The molecule has 1 aromatic heterocycles. The van der Waals surface area contributed by atoms with E-state index in [1.54, 1.807) is 11.8 Å². The van der Waals surface area contributed by atoms with Crippen molar-refractivity contribution in [2.75, 3.05) is 24.6 Å². The van der Waals surface area contributed by atoms with Crippen LogP contribution >= 0.6 is 0 Å². The molecule has 1 saturated heterocycles. The number of carboxylic acid groups (broad SMARTS) is 1. The minimum absolute atomic E-state index is 0.0409. The van der Waals surface area contributed by atoms with Gasteiger partial charge in [-0.15, -0.1) is 0 Å². The molecule has 94 valence electrons. The second-order valence-corrected chi connectivity index (χ2v) is 3.89. The van der Waals surface area contributed by atoms with Gasteiger partial charge in [0.05, 0.1) is 19.2 Å². The molecule has 1 atom stereocenters. The maximum Gasteiger partial charge on any atom is 0.341 e. The van der Waals surface area contributed by atoms with E-state index in [2.05, 4.69) is 9.97 Å². The highest BCUT2D eigenvalue weighted by Gasteiger charge is 2.25. The Kier molecular flexibility index (Phi) is 3.39. The average molecular weight is 248 g/mol. The number of rotatable bonds is 2. The lowest BCUT2D eigenvalue weighted by molar-refractivity contribution is 0.0686. The van der Waals surface area contributed by atoms with E-state index in [1.165, 1.54) is 6.20 Å². The summed E-state index contributed by atoms with van der Waals surface area (Å²) in [7, 11) is 0. The fourth-order valence-corrected chi connectivity index (χ4v) is 1.77. The predicted molar refractivity (Wildman–Crippen MR) is 61.3 cm³/mol. The van der Waals surface area contributed by atoms with Crippen LogP contribution in [0.4, 0.5) is 5.82 Å². The first-order valence-corrected chi connectivity index (χ1v) is 5.45. The zero-order valence-electron chi connectivity index (χ0n) is 9.83. The Morgan fingerprint density at radius 3 is 3.17 bits per heavy atom. The number of morpholine rings is 1. The topological polar surface area (TPSA) is 99.3 Å². The molecule has 1 aliphatic rings. The number of hydrogen-bond donors (Lipinski definition) is 1. The van der Waals surface area contributed by atoms with Crippen molar-refractivity contribution < 1.29 is 14.6 Å². The van der Waals surface area contributed by atoms with Gasteiger partial charge in [0.15, 0.2) is 6.10 Å². The third-order valence-electron chi connectivity index (χ3n) is 2.63. The van der Waals surface area contributed by atoms with Crippen LogP contribution in [-0.4, -0.2) is 46.8 Å².